The Morgan fingerprint density at radius 3 is 2.82 bits per heavy atom. The molecule has 0 aliphatic heterocycles. The van der Waals surface area contributed by atoms with Gasteiger partial charge in [-0.15, -0.1) is 0 Å². The Bertz CT molecular complexity index is 545. The zero-order valence-electron chi connectivity index (χ0n) is 8.65. The molecule has 17 heavy (non-hydrogen) atoms. The van der Waals surface area contributed by atoms with Crippen LogP contribution in [0.4, 0.5) is 5.69 Å². The second kappa shape index (κ2) is 5.46. The third-order valence-electron chi connectivity index (χ3n) is 2.10. The molecule has 3 nitrogen and oxygen atoms in total. The summed E-state index contributed by atoms with van der Waals surface area (Å²) >= 11 is 7.97. The first-order chi connectivity index (χ1) is 8.16. The molecule has 0 spiro atoms. The average Bonchev–Trinajstić information content (AvgIpc) is 2.34. The molecule has 1 N–H and O–H groups in total. The number of amides is 1. The molecule has 0 saturated heterocycles. The van der Waals surface area contributed by atoms with Crippen molar-refractivity contribution in [3.63, 3.8) is 0 Å². The van der Waals surface area contributed by atoms with Crippen molar-refractivity contribution in [1.82, 2.24) is 4.98 Å². The molecule has 1 amide bonds. The Balaban J connectivity index is 2.19. The first-order valence-corrected chi connectivity index (χ1v) is 6.29. The minimum Gasteiger partial charge on any atom is -0.321 e. The third kappa shape index (κ3) is 3.17. The lowest BCUT2D eigenvalue weighted by molar-refractivity contribution is 0.102. The van der Waals surface area contributed by atoms with Crippen molar-refractivity contribution >= 4 is 45.8 Å². The summed E-state index contributed by atoms with van der Waals surface area (Å²) < 4.78 is 0.896. The van der Waals surface area contributed by atoms with Crippen LogP contribution in [0.3, 0.4) is 0 Å². The van der Waals surface area contributed by atoms with E-state index in [0.29, 0.717) is 10.6 Å². The van der Waals surface area contributed by atoms with Gasteiger partial charge in [0, 0.05) is 21.0 Å². The summed E-state index contributed by atoms with van der Waals surface area (Å²) in [5.41, 5.74) is 1.27. The lowest BCUT2D eigenvalue weighted by Crippen LogP contribution is -2.12. The highest BCUT2D eigenvalue weighted by Crippen LogP contribution is 2.22. The Morgan fingerprint density at radius 1 is 1.35 bits per heavy atom. The quantitative estimate of drug-likeness (QED) is 0.834. The minimum atomic E-state index is -0.182. The zero-order valence-corrected chi connectivity index (χ0v) is 11.6. The highest BCUT2D eigenvalue weighted by atomic mass is 127. The second-order valence-corrected chi connectivity index (χ2v) is 4.92. The maximum absolute atomic E-state index is 11.9. The van der Waals surface area contributed by atoms with Crippen LogP contribution in [0.5, 0.6) is 0 Å². The van der Waals surface area contributed by atoms with Crippen LogP contribution in [0.25, 0.3) is 0 Å². The number of aromatic nitrogens is 1. The third-order valence-corrected chi connectivity index (χ3v) is 3.23. The molecule has 0 unspecified atom stereocenters. The van der Waals surface area contributed by atoms with Crippen molar-refractivity contribution in [2.45, 2.75) is 0 Å². The Morgan fingerprint density at radius 2 is 2.18 bits per heavy atom. The molecule has 2 aromatic rings. The van der Waals surface area contributed by atoms with Crippen LogP contribution >= 0.6 is 34.2 Å². The first-order valence-electron chi connectivity index (χ1n) is 4.83. The highest BCUT2D eigenvalue weighted by Gasteiger charge is 2.08. The summed E-state index contributed by atoms with van der Waals surface area (Å²) in [6, 6.07) is 8.74. The summed E-state index contributed by atoms with van der Waals surface area (Å²) in [5, 5.41) is 3.46. The summed E-state index contributed by atoms with van der Waals surface area (Å²) in [5.74, 6) is -0.182. The molecule has 5 heteroatoms. The van der Waals surface area contributed by atoms with Crippen LogP contribution in [-0.2, 0) is 0 Å². The predicted octanol–water partition coefficient (Wildman–Crippen LogP) is 3.59. The number of nitrogens with zero attached hydrogens (tertiary/aromatic N) is 1. The molecule has 1 heterocycles. The van der Waals surface area contributed by atoms with E-state index in [1.807, 2.05) is 0 Å². The van der Waals surface area contributed by atoms with E-state index in [-0.39, 0.29) is 5.91 Å². The maximum atomic E-state index is 11.9. The van der Waals surface area contributed by atoms with Gasteiger partial charge in [-0.3, -0.25) is 9.78 Å². The van der Waals surface area contributed by atoms with Gasteiger partial charge >= 0.3 is 0 Å². The van der Waals surface area contributed by atoms with Gasteiger partial charge in [0.25, 0.3) is 5.91 Å². The standard InChI is InChI=1S/C12H8ClIN2O/c13-9-3-4-11(10(14)6-9)16-12(17)8-2-1-5-15-7-8/h1-7H,(H,16,17). The number of halogens is 2. The fraction of sp³-hybridized carbons (Fsp3) is 0. The van der Waals surface area contributed by atoms with E-state index < -0.39 is 0 Å². The van der Waals surface area contributed by atoms with Crippen molar-refractivity contribution in [2.24, 2.45) is 0 Å². The largest absolute Gasteiger partial charge is 0.321 e. The van der Waals surface area contributed by atoms with Crippen molar-refractivity contribution in [1.29, 1.82) is 0 Å². The van der Waals surface area contributed by atoms with Crippen molar-refractivity contribution in [2.75, 3.05) is 5.32 Å². The number of carbonyl (C=O) groups excluding carboxylic acids is 1. The van der Waals surface area contributed by atoms with Gasteiger partial charge in [0.05, 0.1) is 11.3 Å². The highest BCUT2D eigenvalue weighted by molar-refractivity contribution is 14.1. The van der Waals surface area contributed by atoms with Gasteiger partial charge in [-0.25, -0.2) is 0 Å². The van der Waals surface area contributed by atoms with E-state index in [4.69, 9.17) is 11.6 Å². The number of hydrogen-bond donors (Lipinski definition) is 1. The Labute approximate surface area is 117 Å². The van der Waals surface area contributed by atoms with Gasteiger partial charge in [-0.1, -0.05) is 11.6 Å². The van der Waals surface area contributed by atoms with E-state index in [1.54, 1.807) is 36.5 Å². The van der Waals surface area contributed by atoms with Gasteiger partial charge in [-0.05, 0) is 52.9 Å². The van der Waals surface area contributed by atoms with Gasteiger partial charge in [-0.2, -0.15) is 0 Å². The fourth-order valence-corrected chi connectivity index (χ4v) is 2.29. The zero-order chi connectivity index (χ0) is 12.3. The van der Waals surface area contributed by atoms with Crippen molar-refractivity contribution in [3.8, 4) is 0 Å². The van der Waals surface area contributed by atoms with E-state index in [0.717, 1.165) is 9.26 Å². The molecule has 0 aliphatic rings. The van der Waals surface area contributed by atoms with Crippen LogP contribution in [-0.4, -0.2) is 10.9 Å². The topological polar surface area (TPSA) is 42.0 Å². The van der Waals surface area contributed by atoms with E-state index in [1.165, 1.54) is 6.20 Å². The summed E-state index contributed by atoms with van der Waals surface area (Å²) in [7, 11) is 0. The second-order valence-electron chi connectivity index (χ2n) is 3.32. The lowest BCUT2D eigenvalue weighted by Gasteiger charge is -2.07. The molecule has 0 radical (unpaired) electrons. The van der Waals surface area contributed by atoms with Gasteiger partial charge in [0.15, 0.2) is 0 Å². The van der Waals surface area contributed by atoms with Gasteiger partial charge in [0.2, 0.25) is 0 Å². The monoisotopic (exact) mass is 358 g/mol. The predicted molar refractivity (Wildman–Crippen MR) is 76.4 cm³/mol. The smallest absolute Gasteiger partial charge is 0.257 e. The number of rotatable bonds is 2. The van der Waals surface area contributed by atoms with E-state index in [9.17, 15) is 4.79 Å². The fourth-order valence-electron chi connectivity index (χ4n) is 1.28. The molecule has 0 bridgehead atoms. The number of carbonyl (C=O) groups is 1. The molecule has 0 atom stereocenters. The number of nitrogens with one attached hydrogen (secondary N) is 1. The van der Waals surface area contributed by atoms with E-state index in [2.05, 4.69) is 32.9 Å². The van der Waals surface area contributed by atoms with Crippen LogP contribution in [0.1, 0.15) is 10.4 Å². The normalized spacial score (nSPS) is 10.0. The van der Waals surface area contributed by atoms with Gasteiger partial charge < -0.3 is 5.32 Å². The van der Waals surface area contributed by atoms with E-state index >= 15 is 0 Å². The van der Waals surface area contributed by atoms with Crippen molar-refractivity contribution in [3.05, 3.63) is 56.9 Å². The Hall–Kier alpha value is -1.14. The molecule has 1 aromatic heterocycles. The maximum Gasteiger partial charge on any atom is 0.257 e. The van der Waals surface area contributed by atoms with Crippen LogP contribution < -0.4 is 5.32 Å². The summed E-state index contributed by atoms with van der Waals surface area (Å²) in [6.07, 6.45) is 3.15. The molecule has 0 aliphatic carbocycles. The first kappa shape index (κ1) is 12.3. The van der Waals surface area contributed by atoms with Crippen LogP contribution in [0.2, 0.25) is 5.02 Å². The molecule has 2 rings (SSSR count). The number of hydrogen-bond acceptors (Lipinski definition) is 2. The van der Waals surface area contributed by atoms with Crippen molar-refractivity contribution < 1.29 is 4.79 Å². The SMILES string of the molecule is O=C(Nc1ccc(Cl)cc1I)c1cccnc1. The molecular formula is C12H8ClIN2O. The number of benzene rings is 1. The summed E-state index contributed by atoms with van der Waals surface area (Å²) in [6.45, 7) is 0. The number of pyridine rings is 1. The average molecular weight is 359 g/mol. The summed E-state index contributed by atoms with van der Waals surface area (Å²) in [4.78, 5) is 15.8. The van der Waals surface area contributed by atoms with Gasteiger partial charge in [0.1, 0.15) is 0 Å². The van der Waals surface area contributed by atoms with Crippen LogP contribution in [0.15, 0.2) is 42.7 Å². The Kier molecular flexibility index (Phi) is 3.96. The molecule has 1 aromatic carbocycles. The number of anilines is 1. The molecule has 0 saturated carbocycles. The molecular weight excluding hydrogens is 351 g/mol. The minimum absolute atomic E-state index is 0.182. The van der Waals surface area contributed by atoms with Crippen LogP contribution in [0, 0.1) is 3.57 Å². The molecule has 0 fully saturated rings. The molecule has 86 valence electrons. The lowest BCUT2D eigenvalue weighted by atomic mass is 10.2.